The number of rotatable bonds is 4. The number of hydrogen-bond donors (Lipinski definition) is 1. The Morgan fingerprint density at radius 2 is 1.79 bits per heavy atom. The fraction of sp³-hybridized carbons (Fsp3) is 0.867. The van der Waals surface area contributed by atoms with Crippen LogP contribution in [0.1, 0.15) is 51.9 Å². The molecule has 3 aliphatic rings. The van der Waals surface area contributed by atoms with Gasteiger partial charge in [0.05, 0.1) is 12.5 Å². The van der Waals surface area contributed by atoms with Crippen molar-refractivity contribution in [3.05, 3.63) is 0 Å². The number of carbonyl (C=O) groups is 2. The van der Waals surface area contributed by atoms with Gasteiger partial charge in [-0.25, -0.2) is 0 Å². The van der Waals surface area contributed by atoms with Crippen LogP contribution in [0.25, 0.3) is 0 Å². The van der Waals surface area contributed by atoms with Gasteiger partial charge in [-0.3, -0.25) is 14.5 Å². The third-order valence-electron chi connectivity index (χ3n) is 4.88. The highest BCUT2D eigenvalue weighted by molar-refractivity contribution is 6.06. The van der Waals surface area contributed by atoms with Crippen LogP contribution in [0.5, 0.6) is 0 Å². The molecule has 3 rings (SSSR count). The molecule has 3 fully saturated rings. The Morgan fingerprint density at radius 3 is 2.42 bits per heavy atom. The molecule has 0 radical (unpaired) electrons. The molecule has 1 aliphatic heterocycles. The van der Waals surface area contributed by atoms with Crippen LogP contribution in [0.3, 0.4) is 0 Å². The van der Waals surface area contributed by atoms with Gasteiger partial charge in [0.25, 0.3) is 0 Å². The van der Waals surface area contributed by atoms with E-state index in [0.29, 0.717) is 12.3 Å². The summed E-state index contributed by atoms with van der Waals surface area (Å²) in [4.78, 5) is 25.5. The van der Waals surface area contributed by atoms with Crippen LogP contribution in [-0.4, -0.2) is 35.3 Å². The van der Waals surface area contributed by atoms with Crippen molar-refractivity contribution in [2.75, 3.05) is 6.54 Å². The van der Waals surface area contributed by atoms with Gasteiger partial charge in [-0.05, 0) is 44.1 Å². The Balaban J connectivity index is 1.48. The molecule has 2 aliphatic carbocycles. The minimum Gasteiger partial charge on any atom is -0.305 e. The molecule has 4 heteroatoms. The Kier molecular flexibility index (Phi) is 3.61. The Morgan fingerprint density at radius 1 is 1.11 bits per heavy atom. The monoisotopic (exact) mass is 264 g/mol. The summed E-state index contributed by atoms with van der Waals surface area (Å²) in [6.45, 7) is 3.21. The van der Waals surface area contributed by atoms with Crippen molar-refractivity contribution in [3.8, 4) is 0 Å². The van der Waals surface area contributed by atoms with Crippen LogP contribution >= 0.6 is 0 Å². The average Bonchev–Trinajstić information content (AvgIpc) is 3.17. The molecular formula is C15H24N2O2. The van der Waals surface area contributed by atoms with Gasteiger partial charge in [0, 0.05) is 6.04 Å². The molecule has 0 aromatic rings. The minimum atomic E-state index is -0.243. The first-order valence-electron chi connectivity index (χ1n) is 7.74. The van der Waals surface area contributed by atoms with E-state index in [4.69, 9.17) is 0 Å². The number of hydrogen-bond acceptors (Lipinski definition) is 3. The second-order valence-electron chi connectivity index (χ2n) is 6.62. The molecule has 2 saturated carbocycles. The number of carbonyl (C=O) groups excluding carboxylic acids is 2. The van der Waals surface area contributed by atoms with Crippen LogP contribution in [0, 0.1) is 11.8 Å². The van der Waals surface area contributed by atoms with Gasteiger partial charge in [0.15, 0.2) is 0 Å². The molecule has 4 nitrogen and oxygen atoms in total. The number of nitrogens with zero attached hydrogens (tertiary/aromatic N) is 1. The molecule has 1 heterocycles. The maximum Gasteiger partial charge on any atom is 0.247 e. The van der Waals surface area contributed by atoms with E-state index in [2.05, 4.69) is 12.2 Å². The fourth-order valence-electron chi connectivity index (χ4n) is 3.37. The Hall–Kier alpha value is -0.900. The summed E-state index contributed by atoms with van der Waals surface area (Å²) in [6.07, 6.45) is 7.51. The molecule has 0 spiro atoms. The van der Waals surface area contributed by atoms with Gasteiger partial charge in [-0.1, -0.05) is 19.8 Å². The molecule has 0 bridgehead atoms. The van der Waals surface area contributed by atoms with Crippen molar-refractivity contribution in [3.63, 3.8) is 0 Å². The largest absolute Gasteiger partial charge is 0.305 e. The summed E-state index contributed by atoms with van der Waals surface area (Å²) < 4.78 is 0. The Labute approximate surface area is 114 Å². The highest BCUT2D eigenvalue weighted by Gasteiger charge is 2.45. The van der Waals surface area contributed by atoms with E-state index in [9.17, 15) is 9.59 Å². The van der Waals surface area contributed by atoms with E-state index in [-0.39, 0.29) is 23.9 Å². The number of nitrogens with one attached hydrogen (secondary N) is 1. The summed E-state index contributed by atoms with van der Waals surface area (Å²) >= 11 is 0. The van der Waals surface area contributed by atoms with Gasteiger partial charge in [-0.15, -0.1) is 0 Å². The summed E-state index contributed by atoms with van der Waals surface area (Å²) in [5.41, 5.74) is 0. The average molecular weight is 264 g/mol. The second kappa shape index (κ2) is 5.23. The van der Waals surface area contributed by atoms with Crippen LogP contribution in [0.4, 0.5) is 0 Å². The lowest BCUT2D eigenvalue weighted by atomic mass is 9.83. The Bertz CT molecular complexity index is 370. The standard InChI is InChI=1S/C15H24N2O2/c1-10-2-4-11(5-3-10)9-16-13-8-14(18)17(15(13)19)12-6-7-12/h10-13,16H,2-9H2,1H3. The second-order valence-corrected chi connectivity index (χ2v) is 6.62. The van der Waals surface area contributed by atoms with Crippen LogP contribution in [-0.2, 0) is 9.59 Å². The third kappa shape index (κ3) is 2.83. The number of imide groups is 1. The first kappa shape index (κ1) is 13.1. The summed E-state index contributed by atoms with van der Waals surface area (Å²) in [5, 5.41) is 3.35. The van der Waals surface area contributed by atoms with E-state index >= 15 is 0 Å². The van der Waals surface area contributed by atoms with E-state index in [0.717, 1.165) is 25.3 Å². The smallest absolute Gasteiger partial charge is 0.247 e. The molecule has 1 unspecified atom stereocenters. The lowest BCUT2D eigenvalue weighted by Gasteiger charge is -2.27. The number of likely N-dealkylation sites (tertiary alicyclic amines) is 1. The molecule has 2 amide bonds. The van der Waals surface area contributed by atoms with Crippen molar-refractivity contribution in [2.24, 2.45) is 11.8 Å². The summed E-state index contributed by atoms with van der Waals surface area (Å²) in [7, 11) is 0. The quantitative estimate of drug-likeness (QED) is 0.786. The van der Waals surface area contributed by atoms with Gasteiger partial charge in [0.2, 0.25) is 11.8 Å². The molecule has 1 N–H and O–H groups in total. The zero-order chi connectivity index (χ0) is 13.4. The van der Waals surface area contributed by atoms with Crippen molar-refractivity contribution in [1.29, 1.82) is 0 Å². The lowest BCUT2D eigenvalue weighted by molar-refractivity contribution is -0.139. The van der Waals surface area contributed by atoms with Crippen LogP contribution in [0.15, 0.2) is 0 Å². The molecule has 1 atom stereocenters. The molecule has 106 valence electrons. The predicted molar refractivity (Wildman–Crippen MR) is 72.4 cm³/mol. The van der Waals surface area contributed by atoms with Crippen molar-refractivity contribution >= 4 is 11.8 Å². The zero-order valence-electron chi connectivity index (χ0n) is 11.7. The van der Waals surface area contributed by atoms with Crippen molar-refractivity contribution in [1.82, 2.24) is 10.2 Å². The van der Waals surface area contributed by atoms with Crippen LogP contribution < -0.4 is 5.32 Å². The first-order valence-corrected chi connectivity index (χ1v) is 7.74. The van der Waals surface area contributed by atoms with Crippen molar-refractivity contribution in [2.45, 2.75) is 64.0 Å². The molecule has 19 heavy (non-hydrogen) atoms. The highest BCUT2D eigenvalue weighted by Crippen LogP contribution is 2.32. The van der Waals surface area contributed by atoms with Gasteiger partial charge >= 0.3 is 0 Å². The van der Waals surface area contributed by atoms with Crippen LogP contribution in [0.2, 0.25) is 0 Å². The first-order chi connectivity index (χ1) is 9.15. The third-order valence-corrected chi connectivity index (χ3v) is 4.88. The predicted octanol–water partition coefficient (Wildman–Crippen LogP) is 1.69. The maximum atomic E-state index is 12.2. The lowest BCUT2D eigenvalue weighted by Crippen LogP contribution is -2.41. The summed E-state index contributed by atoms with van der Waals surface area (Å²) in [5.74, 6) is 1.60. The van der Waals surface area contributed by atoms with Gasteiger partial charge in [0.1, 0.15) is 0 Å². The van der Waals surface area contributed by atoms with Gasteiger partial charge in [-0.2, -0.15) is 0 Å². The minimum absolute atomic E-state index is 0.0247. The number of amides is 2. The molecule has 0 aromatic carbocycles. The van der Waals surface area contributed by atoms with Crippen molar-refractivity contribution < 1.29 is 9.59 Å². The van der Waals surface area contributed by atoms with Gasteiger partial charge < -0.3 is 5.32 Å². The van der Waals surface area contributed by atoms with E-state index in [1.54, 1.807) is 0 Å². The normalized spacial score (nSPS) is 36.1. The van der Waals surface area contributed by atoms with E-state index < -0.39 is 0 Å². The fourth-order valence-corrected chi connectivity index (χ4v) is 3.37. The SMILES string of the molecule is CC1CCC(CNC2CC(=O)N(C3CC3)C2=O)CC1. The molecule has 1 saturated heterocycles. The van der Waals surface area contributed by atoms with E-state index in [1.807, 2.05) is 0 Å². The van der Waals surface area contributed by atoms with E-state index in [1.165, 1.54) is 30.6 Å². The topological polar surface area (TPSA) is 49.4 Å². The summed E-state index contributed by atoms with van der Waals surface area (Å²) in [6, 6.07) is -0.0187. The molecule has 0 aromatic heterocycles. The highest BCUT2D eigenvalue weighted by atomic mass is 16.2. The zero-order valence-corrected chi connectivity index (χ0v) is 11.7. The molecular weight excluding hydrogens is 240 g/mol. The maximum absolute atomic E-state index is 12.2.